The normalized spacial score (nSPS) is 12.0. The summed E-state index contributed by atoms with van der Waals surface area (Å²) in [5.41, 5.74) is 0.438. The molecule has 0 aliphatic rings. The van der Waals surface area contributed by atoms with Gasteiger partial charge in [-0.15, -0.1) is 0 Å². The molecule has 0 fully saturated rings. The van der Waals surface area contributed by atoms with Gasteiger partial charge in [0.15, 0.2) is 0 Å². The van der Waals surface area contributed by atoms with Crippen LogP contribution in [0.3, 0.4) is 0 Å². The van der Waals surface area contributed by atoms with Crippen LogP contribution in [-0.4, -0.2) is 23.7 Å². The third-order valence-electron chi connectivity index (χ3n) is 4.71. The first kappa shape index (κ1) is 23.6. The average Bonchev–Trinajstić information content (AvgIpc) is 2.79. The highest BCUT2D eigenvalue weighted by Gasteiger charge is 2.30. The van der Waals surface area contributed by atoms with Crippen LogP contribution < -0.4 is 15.4 Å². The maximum absolute atomic E-state index is 12.6. The van der Waals surface area contributed by atoms with Crippen molar-refractivity contribution in [3.05, 3.63) is 95.6 Å². The van der Waals surface area contributed by atoms with Crippen LogP contribution in [0.25, 0.3) is 0 Å². The van der Waals surface area contributed by atoms with Gasteiger partial charge in [-0.2, -0.15) is 13.2 Å². The van der Waals surface area contributed by atoms with Crippen LogP contribution in [0.1, 0.15) is 34.0 Å². The van der Waals surface area contributed by atoms with Gasteiger partial charge in [-0.05, 0) is 54.1 Å². The number of carboxylic acid groups (broad SMARTS) is 1. The van der Waals surface area contributed by atoms with Gasteiger partial charge in [-0.3, -0.25) is 0 Å². The number of aromatic carboxylic acids is 1. The molecule has 6 nitrogen and oxygen atoms in total. The molecule has 0 bridgehead atoms. The minimum atomic E-state index is -4.44. The van der Waals surface area contributed by atoms with Gasteiger partial charge >= 0.3 is 18.2 Å². The van der Waals surface area contributed by atoms with Crippen LogP contribution in [0.2, 0.25) is 0 Å². The third kappa shape index (κ3) is 6.99. The summed E-state index contributed by atoms with van der Waals surface area (Å²) < 4.78 is 43.9. The first-order valence-corrected chi connectivity index (χ1v) is 9.99. The molecule has 1 atom stereocenters. The van der Waals surface area contributed by atoms with Gasteiger partial charge in [0, 0.05) is 18.7 Å². The van der Waals surface area contributed by atoms with Gasteiger partial charge in [0.05, 0.1) is 11.1 Å². The second-order valence-corrected chi connectivity index (χ2v) is 7.09. The fourth-order valence-electron chi connectivity index (χ4n) is 3.04. The van der Waals surface area contributed by atoms with Crippen molar-refractivity contribution in [2.75, 3.05) is 11.9 Å². The molecule has 0 saturated carbocycles. The summed E-state index contributed by atoms with van der Waals surface area (Å²) in [6.07, 6.45) is -4.47. The smallest absolute Gasteiger partial charge is 0.416 e. The fraction of sp³-hybridized carbons (Fsp3) is 0.167. The van der Waals surface area contributed by atoms with Crippen LogP contribution in [-0.2, 0) is 6.18 Å². The standard InChI is InChI=1S/C24H21F3N2O4/c25-24(26,27)18-8-10-19(11-9-18)29-23(32)28-15-14-21(16-4-2-1-3-5-16)33-20-12-6-17(7-13-20)22(30)31/h1-13,21H,14-15H2,(H,30,31)(H2,28,29,32). The Kier molecular flexibility index (Phi) is 7.55. The molecule has 0 aromatic heterocycles. The van der Waals surface area contributed by atoms with E-state index in [4.69, 9.17) is 9.84 Å². The lowest BCUT2D eigenvalue weighted by atomic mass is 10.1. The number of nitrogens with one attached hydrogen (secondary N) is 2. The third-order valence-corrected chi connectivity index (χ3v) is 4.71. The Bertz CT molecular complexity index is 1070. The molecule has 0 heterocycles. The summed E-state index contributed by atoms with van der Waals surface area (Å²) in [5, 5.41) is 14.2. The zero-order valence-corrected chi connectivity index (χ0v) is 17.3. The molecule has 0 aliphatic carbocycles. The predicted molar refractivity (Wildman–Crippen MR) is 116 cm³/mol. The number of ether oxygens (including phenoxy) is 1. The second-order valence-electron chi connectivity index (χ2n) is 7.09. The highest BCUT2D eigenvalue weighted by molar-refractivity contribution is 5.89. The SMILES string of the molecule is O=C(NCCC(Oc1ccc(C(=O)O)cc1)c1ccccc1)Nc1ccc(C(F)(F)F)cc1. The summed E-state index contributed by atoms with van der Waals surface area (Å²) >= 11 is 0. The lowest BCUT2D eigenvalue weighted by Gasteiger charge is -2.20. The van der Waals surface area contributed by atoms with Crippen molar-refractivity contribution in [1.29, 1.82) is 0 Å². The number of anilines is 1. The van der Waals surface area contributed by atoms with Gasteiger partial charge < -0.3 is 20.5 Å². The molecule has 9 heteroatoms. The maximum Gasteiger partial charge on any atom is 0.416 e. The van der Waals surface area contributed by atoms with Crippen molar-refractivity contribution >= 4 is 17.7 Å². The molecular formula is C24H21F3N2O4. The second kappa shape index (κ2) is 10.5. The summed E-state index contributed by atoms with van der Waals surface area (Å²) in [7, 11) is 0. The number of carbonyl (C=O) groups is 2. The van der Waals surface area contributed by atoms with Crippen molar-refractivity contribution in [3.63, 3.8) is 0 Å². The first-order chi connectivity index (χ1) is 15.7. The van der Waals surface area contributed by atoms with Crippen LogP contribution >= 0.6 is 0 Å². The van der Waals surface area contributed by atoms with Crippen LogP contribution in [0.15, 0.2) is 78.9 Å². The fourth-order valence-corrected chi connectivity index (χ4v) is 3.04. The molecule has 2 amide bonds. The summed E-state index contributed by atoms with van der Waals surface area (Å²) in [6, 6.07) is 18.9. The van der Waals surface area contributed by atoms with E-state index in [-0.39, 0.29) is 17.8 Å². The minimum Gasteiger partial charge on any atom is -0.486 e. The molecule has 1 unspecified atom stereocenters. The van der Waals surface area contributed by atoms with Crippen molar-refractivity contribution in [2.45, 2.75) is 18.7 Å². The predicted octanol–water partition coefficient (Wildman–Crippen LogP) is 5.74. The number of amides is 2. The van der Waals surface area contributed by atoms with E-state index in [9.17, 15) is 22.8 Å². The molecule has 33 heavy (non-hydrogen) atoms. The minimum absolute atomic E-state index is 0.139. The molecule has 0 radical (unpaired) electrons. The number of benzene rings is 3. The van der Waals surface area contributed by atoms with Crippen molar-refractivity contribution in [3.8, 4) is 5.75 Å². The summed E-state index contributed by atoms with van der Waals surface area (Å²) in [4.78, 5) is 23.1. The number of carboxylic acids is 1. The Morgan fingerprint density at radius 3 is 2.12 bits per heavy atom. The number of halogens is 3. The molecule has 3 aromatic rings. The van der Waals surface area contributed by atoms with Gasteiger partial charge in [0.2, 0.25) is 0 Å². The van der Waals surface area contributed by atoms with Crippen LogP contribution in [0, 0.1) is 0 Å². The first-order valence-electron chi connectivity index (χ1n) is 9.99. The highest BCUT2D eigenvalue weighted by Crippen LogP contribution is 2.30. The van der Waals surface area contributed by atoms with E-state index in [1.165, 1.54) is 24.3 Å². The zero-order valence-electron chi connectivity index (χ0n) is 17.3. The van der Waals surface area contributed by atoms with Gasteiger partial charge in [0.1, 0.15) is 11.9 Å². The average molecular weight is 458 g/mol. The van der Waals surface area contributed by atoms with E-state index < -0.39 is 29.8 Å². The Labute approximate surface area is 188 Å². The Morgan fingerprint density at radius 2 is 1.55 bits per heavy atom. The van der Waals surface area contributed by atoms with E-state index in [0.29, 0.717) is 12.2 Å². The van der Waals surface area contributed by atoms with Crippen molar-refractivity contribution < 1.29 is 32.6 Å². The molecular weight excluding hydrogens is 437 g/mol. The van der Waals surface area contributed by atoms with E-state index >= 15 is 0 Å². The van der Waals surface area contributed by atoms with Gasteiger partial charge in [0.25, 0.3) is 0 Å². The lowest BCUT2D eigenvalue weighted by Crippen LogP contribution is -2.30. The van der Waals surface area contributed by atoms with E-state index in [1.54, 1.807) is 12.1 Å². The maximum atomic E-state index is 12.6. The highest BCUT2D eigenvalue weighted by atomic mass is 19.4. The molecule has 0 aliphatic heterocycles. The summed E-state index contributed by atoms with van der Waals surface area (Å²) in [6.45, 7) is 0.221. The topological polar surface area (TPSA) is 87.7 Å². The van der Waals surface area contributed by atoms with E-state index in [2.05, 4.69) is 10.6 Å². The largest absolute Gasteiger partial charge is 0.486 e. The van der Waals surface area contributed by atoms with Crippen LogP contribution in [0.4, 0.5) is 23.7 Å². The van der Waals surface area contributed by atoms with Crippen molar-refractivity contribution in [1.82, 2.24) is 5.32 Å². The van der Waals surface area contributed by atoms with Gasteiger partial charge in [-0.1, -0.05) is 30.3 Å². The Hall–Kier alpha value is -4.01. The number of urea groups is 1. The molecule has 3 aromatic carbocycles. The molecule has 0 saturated heterocycles. The number of carbonyl (C=O) groups excluding carboxylic acids is 1. The van der Waals surface area contributed by atoms with Crippen LogP contribution in [0.5, 0.6) is 5.75 Å². The Morgan fingerprint density at radius 1 is 0.909 bits per heavy atom. The number of alkyl halides is 3. The number of rotatable bonds is 8. The number of hydrogen-bond acceptors (Lipinski definition) is 3. The van der Waals surface area contributed by atoms with E-state index in [0.717, 1.165) is 17.7 Å². The lowest BCUT2D eigenvalue weighted by molar-refractivity contribution is -0.137. The molecule has 0 spiro atoms. The molecule has 3 rings (SSSR count). The quantitative estimate of drug-likeness (QED) is 0.402. The van der Waals surface area contributed by atoms with Crippen molar-refractivity contribution in [2.24, 2.45) is 0 Å². The zero-order chi connectivity index (χ0) is 23.8. The molecule has 3 N–H and O–H groups in total. The summed E-state index contributed by atoms with van der Waals surface area (Å²) in [5.74, 6) is -0.563. The van der Waals surface area contributed by atoms with Gasteiger partial charge in [-0.25, -0.2) is 9.59 Å². The molecule has 172 valence electrons. The monoisotopic (exact) mass is 458 g/mol. The van der Waals surface area contributed by atoms with E-state index in [1.807, 2.05) is 30.3 Å². The Balaban J connectivity index is 1.58. The number of hydrogen-bond donors (Lipinski definition) is 3.